The second-order valence-corrected chi connectivity index (χ2v) is 8.86. The number of rotatable bonds is 10. The Morgan fingerprint density at radius 3 is 2.56 bits per heavy atom. The molecule has 0 unspecified atom stereocenters. The van der Waals surface area contributed by atoms with Crippen molar-refractivity contribution >= 4 is 40.9 Å². The number of hydrogen-bond acceptors (Lipinski definition) is 9. The van der Waals surface area contributed by atoms with Crippen molar-refractivity contribution in [1.29, 1.82) is 0 Å². The molecule has 1 atom stereocenters. The van der Waals surface area contributed by atoms with Gasteiger partial charge in [0.05, 0.1) is 29.4 Å². The maximum atomic E-state index is 12.7. The summed E-state index contributed by atoms with van der Waals surface area (Å²) >= 11 is 1.09. The minimum atomic E-state index is -0.567. The summed E-state index contributed by atoms with van der Waals surface area (Å²) in [4.78, 5) is 51.5. The number of carbonyl (C=O) groups excluding carboxylic acids is 3. The number of anilines is 1. The first kappa shape index (κ1) is 26.3. The Morgan fingerprint density at radius 1 is 1.14 bits per heavy atom. The zero-order valence-corrected chi connectivity index (χ0v) is 20.5. The van der Waals surface area contributed by atoms with E-state index < -0.39 is 22.8 Å². The largest absolute Gasteiger partial charge is 0.465 e. The summed E-state index contributed by atoms with van der Waals surface area (Å²) in [6.07, 6.45) is 0. The molecule has 3 N–H and O–H groups in total. The van der Waals surface area contributed by atoms with Crippen LogP contribution >= 0.6 is 11.8 Å². The first-order valence-electron chi connectivity index (χ1n) is 10.8. The summed E-state index contributed by atoms with van der Waals surface area (Å²) < 4.78 is 4.67. The zero-order chi connectivity index (χ0) is 26.2. The molecule has 2 aromatic carbocycles. The Balaban J connectivity index is 1.61. The Kier molecular flexibility index (Phi) is 8.73. The highest BCUT2D eigenvalue weighted by Gasteiger charge is 2.24. The van der Waals surface area contributed by atoms with Crippen LogP contribution in [0.5, 0.6) is 0 Å². The number of nitrogens with zero attached hydrogens (tertiary/aromatic N) is 3. The number of esters is 1. The van der Waals surface area contributed by atoms with Gasteiger partial charge < -0.3 is 15.4 Å². The zero-order valence-electron chi connectivity index (χ0n) is 19.7. The summed E-state index contributed by atoms with van der Waals surface area (Å²) in [6, 6.07) is 11.3. The van der Waals surface area contributed by atoms with Gasteiger partial charge in [0.1, 0.15) is 5.82 Å². The maximum Gasteiger partial charge on any atom is 0.337 e. The molecule has 1 heterocycles. The summed E-state index contributed by atoms with van der Waals surface area (Å²) in [5, 5.41) is 23.7. The summed E-state index contributed by atoms with van der Waals surface area (Å²) in [5.41, 5.74) is 0.727. The smallest absolute Gasteiger partial charge is 0.337 e. The van der Waals surface area contributed by atoms with E-state index in [-0.39, 0.29) is 28.8 Å². The number of ether oxygens (including phenoxy) is 1. The van der Waals surface area contributed by atoms with Gasteiger partial charge in [0.25, 0.3) is 11.6 Å². The quantitative estimate of drug-likeness (QED) is 0.159. The molecule has 0 aliphatic carbocycles. The van der Waals surface area contributed by atoms with E-state index in [0.29, 0.717) is 22.2 Å². The molecule has 2 amide bonds. The predicted octanol–water partition coefficient (Wildman–Crippen LogP) is 3.36. The lowest BCUT2D eigenvalue weighted by Crippen LogP contribution is -2.32. The third-order valence-corrected chi connectivity index (χ3v) is 5.80. The highest BCUT2D eigenvalue weighted by Crippen LogP contribution is 2.23. The van der Waals surface area contributed by atoms with Gasteiger partial charge in [-0.3, -0.25) is 24.8 Å². The minimum Gasteiger partial charge on any atom is -0.465 e. The number of methoxy groups -OCH3 is 1. The molecule has 0 saturated heterocycles. The van der Waals surface area contributed by atoms with E-state index in [1.807, 2.05) is 13.8 Å². The molecule has 0 radical (unpaired) electrons. The van der Waals surface area contributed by atoms with Gasteiger partial charge >= 0.3 is 5.97 Å². The third kappa shape index (κ3) is 6.88. The van der Waals surface area contributed by atoms with Crippen molar-refractivity contribution in [2.75, 3.05) is 18.2 Å². The standard InChI is InChI=1S/C23H24N6O6S/c1-13(2)19(25-21(31)14-6-5-9-17(11-14)29(33)34)20-26-23(28-27-20)36-12-18(30)24-16-8-4-7-15(10-16)22(32)35-3/h4-11,13,19H,12H2,1-3H3,(H,24,30)(H,25,31)(H,26,27,28)/t19-/m0/s1. The number of benzene rings is 2. The average Bonchev–Trinajstić information content (AvgIpc) is 3.34. The molecule has 36 heavy (non-hydrogen) atoms. The normalized spacial score (nSPS) is 11.6. The fraction of sp³-hybridized carbons (Fsp3) is 0.261. The molecule has 3 aromatic rings. The molecular formula is C23H24N6O6S. The van der Waals surface area contributed by atoms with Crippen LogP contribution < -0.4 is 10.6 Å². The Hall–Kier alpha value is -4.26. The van der Waals surface area contributed by atoms with E-state index in [9.17, 15) is 24.5 Å². The van der Waals surface area contributed by atoms with Crippen molar-refractivity contribution in [3.05, 3.63) is 75.6 Å². The Labute approximate surface area is 210 Å². The number of nitro groups is 1. The Bertz CT molecular complexity index is 1280. The lowest BCUT2D eigenvalue weighted by Gasteiger charge is -2.19. The first-order chi connectivity index (χ1) is 17.2. The van der Waals surface area contributed by atoms with Crippen molar-refractivity contribution < 1.29 is 24.0 Å². The van der Waals surface area contributed by atoms with Crippen LogP contribution in [0.25, 0.3) is 0 Å². The van der Waals surface area contributed by atoms with E-state index in [2.05, 4.69) is 30.6 Å². The van der Waals surface area contributed by atoms with Crippen LogP contribution in [0.4, 0.5) is 11.4 Å². The van der Waals surface area contributed by atoms with Crippen LogP contribution in [0.15, 0.2) is 53.7 Å². The van der Waals surface area contributed by atoms with Crippen LogP contribution in [0.1, 0.15) is 46.4 Å². The van der Waals surface area contributed by atoms with Crippen LogP contribution in [-0.4, -0.2) is 50.8 Å². The van der Waals surface area contributed by atoms with Gasteiger partial charge in [-0.2, -0.15) is 0 Å². The second kappa shape index (κ2) is 11.9. The highest BCUT2D eigenvalue weighted by atomic mass is 32.2. The molecule has 0 aliphatic heterocycles. The first-order valence-corrected chi connectivity index (χ1v) is 11.7. The molecule has 0 aliphatic rings. The van der Waals surface area contributed by atoms with Crippen molar-refractivity contribution in [2.45, 2.75) is 25.0 Å². The van der Waals surface area contributed by atoms with Crippen LogP contribution in [0.2, 0.25) is 0 Å². The summed E-state index contributed by atoms with van der Waals surface area (Å²) in [6.45, 7) is 3.76. The van der Waals surface area contributed by atoms with Crippen LogP contribution in [0, 0.1) is 16.0 Å². The van der Waals surface area contributed by atoms with Gasteiger partial charge in [-0.15, -0.1) is 5.10 Å². The SMILES string of the molecule is COC(=O)c1cccc(NC(=O)CSc2n[nH]c([C@@H](NC(=O)c3cccc([N+](=O)[O-])c3)C(C)C)n2)c1. The van der Waals surface area contributed by atoms with Crippen LogP contribution in [-0.2, 0) is 9.53 Å². The van der Waals surface area contributed by atoms with E-state index >= 15 is 0 Å². The second-order valence-electron chi connectivity index (χ2n) is 7.92. The Morgan fingerprint density at radius 2 is 1.86 bits per heavy atom. The molecule has 0 spiro atoms. The number of H-pyrrole nitrogens is 1. The lowest BCUT2D eigenvalue weighted by atomic mass is 10.0. The minimum absolute atomic E-state index is 0.00608. The van der Waals surface area contributed by atoms with Gasteiger partial charge in [-0.25, -0.2) is 9.78 Å². The fourth-order valence-corrected chi connectivity index (χ4v) is 3.77. The molecule has 0 bridgehead atoms. The predicted molar refractivity (Wildman–Crippen MR) is 132 cm³/mol. The summed E-state index contributed by atoms with van der Waals surface area (Å²) in [5.74, 6) is -1.01. The van der Waals surface area contributed by atoms with E-state index in [0.717, 1.165) is 11.8 Å². The molecule has 0 fully saturated rings. The van der Waals surface area contributed by atoms with Gasteiger partial charge in [0, 0.05) is 23.4 Å². The van der Waals surface area contributed by atoms with Gasteiger partial charge in [-0.1, -0.05) is 37.7 Å². The number of non-ortho nitro benzene ring substituents is 1. The lowest BCUT2D eigenvalue weighted by molar-refractivity contribution is -0.384. The molecule has 1 aromatic heterocycles. The molecule has 3 rings (SSSR count). The van der Waals surface area contributed by atoms with E-state index in [1.165, 1.54) is 37.4 Å². The van der Waals surface area contributed by atoms with E-state index in [1.54, 1.807) is 18.2 Å². The van der Waals surface area contributed by atoms with Gasteiger partial charge in [-0.05, 0) is 30.2 Å². The molecule has 13 heteroatoms. The van der Waals surface area contributed by atoms with Crippen molar-refractivity contribution in [2.24, 2.45) is 5.92 Å². The maximum absolute atomic E-state index is 12.7. The molecule has 0 saturated carbocycles. The number of amides is 2. The highest BCUT2D eigenvalue weighted by molar-refractivity contribution is 7.99. The number of aromatic nitrogens is 3. The third-order valence-electron chi connectivity index (χ3n) is 4.95. The number of nitro benzene ring substituents is 1. The van der Waals surface area contributed by atoms with Gasteiger partial charge in [0.2, 0.25) is 11.1 Å². The molecule has 188 valence electrons. The van der Waals surface area contributed by atoms with Crippen molar-refractivity contribution in [3.63, 3.8) is 0 Å². The summed E-state index contributed by atoms with van der Waals surface area (Å²) in [7, 11) is 1.28. The van der Waals surface area contributed by atoms with Gasteiger partial charge in [0.15, 0.2) is 0 Å². The van der Waals surface area contributed by atoms with Crippen molar-refractivity contribution in [3.8, 4) is 0 Å². The van der Waals surface area contributed by atoms with E-state index in [4.69, 9.17) is 0 Å². The number of hydrogen-bond donors (Lipinski definition) is 3. The molecular weight excluding hydrogens is 488 g/mol. The number of aromatic amines is 1. The van der Waals surface area contributed by atoms with Crippen molar-refractivity contribution in [1.82, 2.24) is 20.5 Å². The topological polar surface area (TPSA) is 169 Å². The number of nitrogens with one attached hydrogen (secondary N) is 3. The molecule has 12 nitrogen and oxygen atoms in total. The fourth-order valence-electron chi connectivity index (χ4n) is 3.17. The average molecular weight is 513 g/mol. The van der Waals surface area contributed by atoms with Crippen LogP contribution in [0.3, 0.4) is 0 Å². The monoisotopic (exact) mass is 512 g/mol. The number of thioether (sulfide) groups is 1. The number of carbonyl (C=O) groups is 3.